The minimum absolute atomic E-state index is 0. The Labute approximate surface area is 57.1 Å². The summed E-state index contributed by atoms with van der Waals surface area (Å²) in [6.45, 7) is 4.18. The van der Waals surface area contributed by atoms with Crippen molar-refractivity contribution in [3.8, 4) is 0 Å². The summed E-state index contributed by atoms with van der Waals surface area (Å²) in [6, 6.07) is 0. The van der Waals surface area contributed by atoms with E-state index in [4.69, 9.17) is 10.2 Å². The average molecular weight is 140 g/mol. The molecule has 0 rings (SSSR count). The van der Waals surface area contributed by atoms with E-state index >= 15 is 0 Å². The zero-order valence-corrected chi connectivity index (χ0v) is 6.43. The maximum absolute atomic E-state index is 7.88. The lowest BCUT2D eigenvalue weighted by Crippen LogP contribution is -1.69. The van der Waals surface area contributed by atoms with E-state index in [9.17, 15) is 0 Å². The lowest BCUT2D eigenvalue weighted by Gasteiger charge is -1.69. The molecule has 4 heteroatoms. The Balaban J connectivity index is -0.0000000233. The normalized spacial score (nSPS) is 5.33. The van der Waals surface area contributed by atoms with Gasteiger partial charge in [-0.2, -0.15) is 0 Å². The van der Waals surface area contributed by atoms with E-state index < -0.39 is 0 Å². The van der Waals surface area contributed by atoms with E-state index in [0.29, 0.717) is 6.61 Å². The standard InChI is InChI=1S/C3H8O.C2H6O.2H3N/c1-2-3-4;1-2-3;;/h4H,2-3H2,1H3;3H,2H2,1H3;2*1H3. The summed E-state index contributed by atoms with van der Waals surface area (Å²) in [5.41, 5.74) is 0. The maximum Gasteiger partial charge on any atom is 0.0428 e. The maximum atomic E-state index is 7.88. The van der Waals surface area contributed by atoms with Crippen molar-refractivity contribution in [1.29, 1.82) is 0 Å². The minimum atomic E-state index is 0. The number of hydrogen-bond donors (Lipinski definition) is 4. The fraction of sp³-hybridized carbons (Fsp3) is 1.00. The second kappa shape index (κ2) is 45.5. The predicted molar refractivity (Wildman–Crippen MR) is 40.2 cm³/mol. The van der Waals surface area contributed by atoms with Gasteiger partial charge in [-0.15, -0.1) is 0 Å². The molecule has 0 heterocycles. The van der Waals surface area contributed by atoms with Gasteiger partial charge in [0, 0.05) is 13.2 Å². The Morgan fingerprint density at radius 3 is 1.11 bits per heavy atom. The fourth-order valence-corrected chi connectivity index (χ4v) is 0. The van der Waals surface area contributed by atoms with Crippen molar-refractivity contribution in [2.75, 3.05) is 13.2 Å². The Kier molecular flexibility index (Phi) is 117. The monoisotopic (exact) mass is 140 g/mol. The first-order valence-electron chi connectivity index (χ1n) is 2.55. The Hall–Kier alpha value is -0.160. The van der Waals surface area contributed by atoms with Gasteiger partial charge >= 0.3 is 0 Å². The van der Waals surface area contributed by atoms with Gasteiger partial charge in [0.15, 0.2) is 0 Å². The number of rotatable bonds is 1. The quantitative estimate of drug-likeness (QED) is 0.430. The van der Waals surface area contributed by atoms with E-state index in [1.807, 2.05) is 6.92 Å². The lowest BCUT2D eigenvalue weighted by molar-refractivity contribution is 0.295. The third-order valence-corrected chi connectivity index (χ3v) is 0.224. The predicted octanol–water partition coefficient (Wildman–Crippen LogP) is 0.711. The molecule has 0 saturated heterocycles. The van der Waals surface area contributed by atoms with Gasteiger partial charge in [-0.25, -0.2) is 0 Å². The molecule has 0 aromatic rings. The van der Waals surface area contributed by atoms with Crippen molar-refractivity contribution in [3.05, 3.63) is 0 Å². The zero-order chi connectivity index (χ0) is 6.12. The summed E-state index contributed by atoms with van der Waals surface area (Å²) in [5, 5.41) is 15.4. The highest BCUT2D eigenvalue weighted by atomic mass is 16.3. The molecule has 62 valence electrons. The third-order valence-electron chi connectivity index (χ3n) is 0.224. The van der Waals surface area contributed by atoms with E-state index in [0.717, 1.165) is 6.42 Å². The van der Waals surface area contributed by atoms with Crippen LogP contribution in [0.5, 0.6) is 0 Å². The van der Waals surface area contributed by atoms with Gasteiger partial charge < -0.3 is 22.5 Å². The van der Waals surface area contributed by atoms with Gasteiger partial charge in [-0.1, -0.05) is 6.92 Å². The van der Waals surface area contributed by atoms with Crippen molar-refractivity contribution in [1.82, 2.24) is 12.3 Å². The lowest BCUT2D eigenvalue weighted by atomic mass is 10.5. The van der Waals surface area contributed by atoms with Crippen LogP contribution in [0.25, 0.3) is 0 Å². The molecule has 0 aromatic heterocycles. The molecule has 0 bridgehead atoms. The van der Waals surface area contributed by atoms with Gasteiger partial charge in [-0.3, -0.25) is 0 Å². The fourth-order valence-electron chi connectivity index (χ4n) is 0. The van der Waals surface area contributed by atoms with E-state index in [1.54, 1.807) is 6.92 Å². The molecule has 8 N–H and O–H groups in total. The van der Waals surface area contributed by atoms with E-state index in [-0.39, 0.29) is 18.9 Å². The van der Waals surface area contributed by atoms with Gasteiger partial charge in [0.2, 0.25) is 0 Å². The van der Waals surface area contributed by atoms with E-state index in [1.165, 1.54) is 0 Å². The number of aliphatic hydroxyl groups excluding tert-OH is 2. The molecule has 0 saturated carbocycles. The van der Waals surface area contributed by atoms with E-state index in [2.05, 4.69) is 0 Å². The molecular formula is C5H20N2O2. The highest BCUT2D eigenvalue weighted by molar-refractivity contribution is 4.10. The zero-order valence-electron chi connectivity index (χ0n) is 6.43. The highest BCUT2D eigenvalue weighted by Gasteiger charge is 1.57. The molecule has 0 spiro atoms. The summed E-state index contributed by atoms with van der Waals surface area (Å²) in [7, 11) is 0. The second-order valence-corrected chi connectivity index (χ2v) is 1.04. The van der Waals surface area contributed by atoms with Crippen molar-refractivity contribution in [2.24, 2.45) is 0 Å². The van der Waals surface area contributed by atoms with Gasteiger partial charge in [-0.05, 0) is 13.3 Å². The van der Waals surface area contributed by atoms with Crippen molar-refractivity contribution in [2.45, 2.75) is 20.3 Å². The molecule has 0 aliphatic heterocycles. The van der Waals surface area contributed by atoms with Gasteiger partial charge in [0.05, 0.1) is 0 Å². The van der Waals surface area contributed by atoms with Crippen LogP contribution in [0.4, 0.5) is 0 Å². The first-order valence-corrected chi connectivity index (χ1v) is 2.55. The van der Waals surface area contributed by atoms with Crippen LogP contribution in [0.2, 0.25) is 0 Å². The first kappa shape index (κ1) is 23.2. The molecular weight excluding hydrogens is 120 g/mol. The van der Waals surface area contributed by atoms with Crippen LogP contribution >= 0.6 is 0 Å². The highest BCUT2D eigenvalue weighted by Crippen LogP contribution is 1.61. The summed E-state index contributed by atoms with van der Waals surface area (Å²) in [4.78, 5) is 0. The van der Waals surface area contributed by atoms with Crippen LogP contribution in [0, 0.1) is 0 Å². The molecule has 0 aliphatic carbocycles. The van der Waals surface area contributed by atoms with Crippen LogP contribution in [0.1, 0.15) is 20.3 Å². The second-order valence-electron chi connectivity index (χ2n) is 1.04. The summed E-state index contributed by atoms with van der Waals surface area (Å²) >= 11 is 0. The molecule has 0 fully saturated rings. The van der Waals surface area contributed by atoms with Crippen molar-refractivity contribution >= 4 is 0 Å². The number of hydrogen-bond acceptors (Lipinski definition) is 4. The van der Waals surface area contributed by atoms with Crippen LogP contribution in [0.3, 0.4) is 0 Å². The van der Waals surface area contributed by atoms with Crippen LogP contribution in [0.15, 0.2) is 0 Å². The molecule has 0 atom stereocenters. The Bertz CT molecular complexity index is 20.4. The Morgan fingerprint density at radius 2 is 1.11 bits per heavy atom. The Morgan fingerprint density at radius 1 is 1.00 bits per heavy atom. The van der Waals surface area contributed by atoms with Gasteiger partial charge in [0.1, 0.15) is 0 Å². The van der Waals surface area contributed by atoms with Crippen LogP contribution < -0.4 is 12.3 Å². The summed E-state index contributed by atoms with van der Waals surface area (Å²) in [5.74, 6) is 0. The summed E-state index contributed by atoms with van der Waals surface area (Å²) in [6.07, 6.45) is 0.875. The third kappa shape index (κ3) is 379. The SMILES string of the molecule is CCCO.CCO.N.N. The first-order chi connectivity index (χ1) is 3.33. The minimum Gasteiger partial charge on any atom is -0.397 e. The van der Waals surface area contributed by atoms with Gasteiger partial charge in [0.25, 0.3) is 0 Å². The molecule has 0 amide bonds. The van der Waals surface area contributed by atoms with Crippen LogP contribution in [-0.4, -0.2) is 23.4 Å². The van der Waals surface area contributed by atoms with Crippen LogP contribution in [-0.2, 0) is 0 Å². The molecule has 0 aliphatic rings. The molecule has 9 heavy (non-hydrogen) atoms. The molecule has 0 unspecified atom stereocenters. The number of aliphatic hydroxyl groups is 2. The van der Waals surface area contributed by atoms with Crippen molar-refractivity contribution < 1.29 is 10.2 Å². The molecule has 0 aromatic carbocycles. The topological polar surface area (TPSA) is 110 Å². The average Bonchev–Trinajstić information content (AvgIpc) is 1.69. The van der Waals surface area contributed by atoms with Crippen molar-refractivity contribution in [3.63, 3.8) is 0 Å². The smallest absolute Gasteiger partial charge is 0.0428 e. The largest absolute Gasteiger partial charge is 0.397 e. The molecule has 4 nitrogen and oxygen atoms in total. The summed E-state index contributed by atoms with van der Waals surface area (Å²) < 4.78 is 0. The molecule has 0 radical (unpaired) electrons.